The third-order valence-corrected chi connectivity index (χ3v) is 4.43. The Kier molecular flexibility index (Phi) is 4.69. The number of halogens is 1. The van der Waals surface area contributed by atoms with E-state index in [0.717, 1.165) is 31.1 Å². The van der Waals surface area contributed by atoms with E-state index in [1.807, 2.05) is 6.07 Å². The van der Waals surface area contributed by atoms with Crippen LogP contribution in [0.5, 0.6) is 0 Å². The lowest BCUT2D eigenvalue weighted by Crippen LogP contribution is -2.26. The van der Waals surface area contributed by atoms with Gasteiger partial charge in [-0.3, -0.25) is 4.90 Å². The second kappa shape index (κ2) is 6.13. The molecule has 1 heterocycles. The molecule has 20 heavy (non-hydrogen) atoms. The molecule has 0 saturated carbocycles. The van der Waals surface area contributed by atoms with Crippen molar-refractivity contribution >= 4 is 5.69 Å². The smallest absolute Gasteiger partial charge is 0.125 e. The van der Waals surface area contributed by atoms with Crippen molar-refractivity contribution in [3.63, 3.8) is 0 Å². The van der Waals surface area contributed by atoms with E-state index in [1.165, 1.54) is 25.3 Å². The number of anilines is 1. The van der Waals surface area contributed by atoms with Gasteiger partial charge in [0.25, 0.3) is 0 Å². The fourth-order valence-electron chi connectivity index (χ4n) is 3.20. The molecule has 2 nitrogen and oxygen atoms in total. The molecule has 1 aliphatic rings. The van der Waals surface area contributed by atoms with Crippen LogP contribution in [-0.2, 0) is 6.54 Å². The highest BCUT2D eigenvalue weighted by molar-refractivity contribution is 5.41. The fraction of sp³-hybridized carbons (Fsp3) is 0.647. The zero-order chi connectivity index (χ0) is 14.8. The standard InChI is InChI=1S/C17H27FN2/c1-17(2,3)14-5-4-7-20(8-6-14)12-13-9-15(18)11-16(19)10-13/h9-11,14H,4-8,12,19H2,1-3H3. The molecule has 1 saturated heterocycles. The van der Waals surface area contributed by atoms with Gasteiger partial charge in [-0.25, -0.2) is 4.39 Å². The molecule has 0 amide bonds. The van der Waals surface area contributed by atoms with E-state index in [1.54, 1.807) is 6.07 Å². The molecular formula is C17H27FN2. The van der Waals surface area contributed by atoms with Gasteiger partial charge in [-0.2, -0.15) is 0 Å². The number of likely N-dealkylation sites (tertiary alicyclic amines) is 1. The Balaban J connectivity index is 1.97. The van der Waals surface area contributed by atoms with Gasteiger partial charge in [0.2, 0.25) is 0 Å². The summed E-state index contributed by atoms with van der Waals surface area (Å²) in [5.74, 6) is 0.549. The summed E-state index contributed by atoms with van der Waals surface area (Å²) in [5, 5.41) is 0. The van der Waals surface area contributed by atoms with Gasteiger partial charge in [0.15, 0.2) is 0 Å². The number of nitrogen functional groups attached to an aromatic ring is 1. The first kappa shape index (κ1) is 15.3. The third-order valence-electron chi connectivity index (χ3n) is 4.43. The molecule has 3 heteroatoms. The van der Waals surface area contributed by atoms with Gasteiger partial charge in [0.05, 0.1) is 0 Å². The first-order valence-corrected chi connectivity index (χ1v) is 7.62. The Morgan fingerprint density at radius 1 is 1.20 bits per heavy atom. The summed E-state index contributed by atoms with van der Waals surface area (Å²) in [5.41, 5.74) is 7.60. The van der Waals surface area contributed by atoms with Crippen molar-refractivity contribution in [2.24, 2.45) is 11.3 Å². The zero-order valence-electron chi connectivity index (χ0n) is 13.0. The van der Waals surface area contributed by atoms with E-state index < -0.39 is 0 Å². The molecule has 0 spiro atoms. The van der Waals surface area contributed by atoms with Crippen LogP contribution < -0.4 is 5.73 Å². The molecule has 2 N–H and O–H groups in total. The minimum Gasteiger partial charge on any atom is -0.399 e. The molecule has 1 aliphatic heterocycles. The van der Waals surface area contributed by atoms with Crippen LogP contribution >= 0.6 is 0 Å². The van der Waals surface area contributed by atoms with Gasteiger partial charge in [0, 0.05) is 12.2 Å². The normalized spacial score (nSPS) is 21.7. The highest BCUT2D eigenvalue weighted by atomic mass is 19.1. The molecule has 1 unspecified atom stereocenters. The monoisotopic (exact) mass is 278 g/mol. The van der Waals surface area contributed by atoms with Crippen LogP contribution in [0.1, 0.15) is 45.6 Å². The minimum absolute atomic E-state index is 0.234. The van der Waals surface area contributed by atoms with Crippen LogP contribution in [-0.4, -0.2) is 18.0 Å². The molecule has 0 aliphatic carbocycles. The van der Waals surface area contributed by atoms with E-state index >= 15 is 0 Å². The second-order valence-corrected chi connectivity index (χ2v) is 7.16. The van der Waals surface area contributed by atoms with Crippen molar-refractivity contribution < 1.29 is 4.39 Å². The van der Waals surface area contributed by atoms with Gasteiger partial charge in [-0.1, -0.05) is 20.8 Å². The number of nitrogens with two attached hydrogens (primary N) is 1. The highest BCUT2D eigenvalue weighted by Gasteiger charge is 2.26. The van der Waals surface area contributed by atoms with E-state index in [4.69, 9.17) is 5.73 Å². The summed E-state index contributed by atoms with van der Waals surface area (Å²) in [4.78, 5) is 2.43. The largest absolute Gasteiger partial charge is 0.399 e. The quantitative estimate of drug-likeness (QED) is 0.827. The topological polar surface area (TPSA) is 29.3 Å². The number of hydrogen-bond donors (Lipinski definition) is 1. The summed E-state index contributed by atoms with van der Waals surface area (Å²) < 4.78 is 13.4. The first-order valence-electron chi connectivity index (χ1n) is 7.62. The van der Waals surface area contributed by atoms with Gasteiger partial charge in [-0.05, 0) is 67.4 Å². The van der Waals surface area contributed by atoms with Gasteiger partial charge < -0.3 is 5.73 Å². The van der Waals surface area contributed by atoms with E-state index in [0.29, 0.717) is 11.1 Å². The maximum absolute atomic E-state index is 13.4. The summed E-state index contributed by atoms with van der Waals surface area (Å²) in [6.07, 6.45) is 3.76. The number of hydrogen-bond acceptors (Lipinski definition) is 2. The summed E-state index contributed by atoms with van der Waals surface area (Å²) in [6.45, 7) is 10.0. The molecular weight excluding hydrogens is 251 g/mol. The van der Waals surface area contributed by atoms with Gasteiger partial charge >= 0.3 is 0 Å². The molecule has 0 aromatic heterocycles. The Morgan fingerprint density at radius 3 is 2.60 bits per heavy atom. The lowest BCUT2D eigenvalue weighted by molar-refractivity contribution is 0.206. The SMILES string of the molecule is CC(C)(C)C1CCCN(Cc2cc(N)cc(F)c2)CC1. The summed E-state index contributed by atoms with van der Waals surface area (Å²) >= 11 is 0. The zero-order valence-corrected chi connectivity index (χ0v) is 13.0. The molecule has 0 bridgehead atoms. The molecule has 1 aromatic rings. The van der Waals surface area contributed by atoms with E-state index in [9.17, 15) is 4.39 Å². The lowest BCUT2D eigenvalue weighted by atomic mass is 9.77. The molecule has 2 rings (SSSR count). The minimum atomic E-state index is -0.234. The Bertz CT molecular complexity index is 431. The van der Waals surface area contributed by atoms with Crippen LogP contribution in [0.4, 0.5) is 10.1 Å². The predicted octanol–water partition coefficient (Wildman–Crippen LogP) is 4.06. The number of rotatable bonds is 2. The summed E-state index contributed by atoms with van der Waals surface area (Å²) in [6, 6.07) is 4.86. The van der Waals surface area contributed by atoms with Crippen molar-refractivity contribution in [1.29, 1.82) is 0 Å². The third kappa shape index (κ3) is 4.20. The molecule has 1 fully saturated rings. The van der Waals surface area contributed by atoms with Gasteiger partial charge in [-0.15, -0.1) is 0 Å². The van der Waals surface area contributed by atoms with Crippen molar-refractivity contribution in [3.8, 4) is 0 Å². The Morgan fingerprint density at radius 2 is 1.95 bits per heavy atom. The van der Waals surface area contributed by atoms with Crippen LogP contribution in [0.25, 0.3) is 0 Å². The predicted molar refractivity (Wildman–Crippen MR) is 82.9 cm³/mol. The highest BCUT2D eigenvalue weighted by Crippen LogP contribution is 2.34. The summed E-state index contributed by atoms with van der Waals surface area (Å²) in [7, 11) is 0. The molecule has 1 aromatic carbocycles. The van der Waals surface area contributed by atoms with Crippen molar-refractivity contribution in [1.82, 2.24) is 4.90 Å². The molecule has 1 atom stereocenters. The molecule has 112 valence electrons. The average molecular weight is 278 g/mol. The van der Waals surface area contributed by atoms with Crippen LogP contribution in [0.15, 0.2) is 18.2 Å². The van der Waals surface area contributed by atoms with E-state index in [-0.39, 0.29) is 5.82 Å². The first-order chi connectivity index (χ1) is 9.34. The average Bonchev–Trinajstić information content (AvgIpc) is 2.52. The van der Waals surface area contributed by atoms with Crippen LogP contribution in [0, 0.1) is 17.2 Å². The maximum Gasteiger partial charge on any atom is 0.125 e. The maximum atomic E-state index is 13.4. The molecule has 0 radical (unpaired) electrons. The fourth-order valence-corrected chi connectivity index (χ4v) is 3.20. The van der Waals surface area contributed by atoms with Crippen LogP contribution in [0.2, 0.25) is 0 Å². The van der Waals surface area contributed by atoms with E-state index in [2.05, 4.69) is 25.7 Å². The van der Waals surface area contributed by atoms with Crippen molar-refractivity contribution in [2.75, 3.05) is 18.8 Å². The Hall–Kier alpha value is -1.09. The lowest BCUT2D eigenvalue weighted by Gasteiger charge is -2.29. The second-order valence-electron chi connectivity index (χ2n) is 7.16. The Labute approximate surface area is 122 Å². The van der Waals surface area contributed by atoms with Crippen LogP contribution in [0.3, 0.4) is 0 Å². The van der Waals surface area contributed by atoms with Gasteiger partial charge in [0.1, 0.15) is 5.82 Å². The van der Waals surface area contributed by atoms with Crippen molar-refractivity contribution in [3.05, 3.63) is 29.6 Å². The number of nitrogens with zero attached hydrogens (tertiary/aromatic N) is 1. The van der Waals surface area contributed by atoms with Crippen molar-refractivity contribution in [2.45, 2.75) is 46.6 Å². The number of benzene rings is 1.